The molecule has 10 heteroatoms. The molecule has 4 rings (SSSR count). The van der Waals surface area contributed by atoms with Crippen LogP contribution in [0, 0.1) is 11.3 Å². The molecule has 0 bridgehead atoms. The van der Waals surface area contributed by atoms with Gasteiger partial charge in [-0.15, -0.1) is 21.5 Å². The molecule has 6 nitrogen and oxygen atoms in total. The molecule has 1 aromatic carbocycles. The standard InChI is InChI=1S/C22H16ClN5OS3/c1-2-20-27-28-22(32-20)26-19(29)12-31-21-16(11-24)15(13-5-7-14(23)8-6-13)10-17(25-21)18-4-3-9-30-18/h3-10H,2,12H2,1H3,(H,26,28,29). The summed E-state index contributed by atoms with van der Waals surface area (Å²) in [5, 5.41) is 25.1. The maximum atomic E-state index is 12.5. The highest BCUT2D eigenvalue weighted by molar-refractivity contribution is 8.00. The SMILES string of the molecule is CCc1nnc(NC(=O)CSc2nc(-c3cccs3)cc(-c3ccc(Cl)cc3)c2C#N)s1. The van der Waals surface area contributed by atoms with Crippen LogP contribution in [0.1, 0.15) is 17.5 Å². The number of carbonyl (C=O) groups excluding carboxylic acids is 1. The van der Waals surface area contributed by atoms with Crippen molar-refractivity contribution in [3.05, 3.63) is 63.4 Å². The zero-order valence-corrected chi connectivity index (χ0v) is 20.0. The number of thiophene rings is 1. The molecule has 3 heterocycles. The van der Waals surface area contributed by atoms with Gasteiger partial charge in [-0.3, -0.25) is 10.1 Å². The Morgan fingerprint density at radius 3 is 2.72 bits per heavy atom. The lowest BCUT2D eigenvalue weighted by molar-refractivity contribution is -0.113. The van der Waals surface area contributed by atoms with Gasteiger partial charge in [0.1, 0.15) is 16.1 Å². The summed E-state index contributed by atoms with van der Waals surface area (Å²) in [6.07, 6.45) is 0.765. The Kier molecular flexibility index (Phi) is 7.17. The fourth-order valence-corrected chi connectivity index (χ4v) is 5.19. The molecular weight excluding hydrogens is 482 g/mol. The Morgan fingerprint density at radius 1 is 1.25 bits per heavy atom. The van der Waals surface area contributed by atoms with Crippen molar-refractivity contribution >= 4 is 57.1 Å². The molecule has 0 unspecified atom stereocenters. The summed E-state index contributed by atoms with van der Waals surface area (Å²) in [6.45, 7) is 1.98. The third-order valence-electron chi connectivity index (χ3n) is 4.38. The highest BCUT2D eigenvalue weighted by Crippen LogP contribution is 2.35. The second kappa shape index (κ2) is 10.2. The highest BCUT2D eigenvalue weighted by Gasteiger charge is 2.18. The number of anilines is 1. The number of amides is 1. The molecule has 32 heavy (non-hydrogen) atoms. The Balaban J connectivity index is 1.64. The summed E-state index contributed by atoms with van der Waals surface area (Å²) in [5.41, 5.74) is 2.79. The number of aryl methyl sites for hydroxylation is 1. The van der Waals surface area contributed by atoms with Gasteiger partial charge in [-0.2, -0.15) is 5.26 Å². The summed E-state index contributed by atoms with van der Waals surface area (Å²) in [7, 11) is 0. The molecular formula is C22H16ClN5OS3. The normalized spacial score (nSPS) is 10.7. The van der Waals surface area contributed by atoms with Crippen molar-refractivity contribution in [3.63, 3.8) is 0 Å². The van der Waals surface area contributed by atoms with Crippen LogP contribution >= 0.6 is 46.0 Å². The largest absolute Gasteiger partial charge is 0.300 e. The lowest BCUT2D eigenvalue weighted by Crippen LogP contribution is -2.14. The number of thioether (sulfide) groups is 1. The van der Waals surface area contributed by atoms with Gasteiger partial charge < -0.3 is 0 Å². The van der Waals surface area contributed by atoms with Crippen LogP contribution in [0.4, 0.5) is 5.13 Å². The first-order chi connectivity index (χ1) is 15.6. The second-order valence-corrected chi connectivity index (χ2v) is 9.93. The van der Waals surface area contributed by atoms with Gasteiger partial charge in [0.2, 0.25) is 11.0 Å². The maximum Gasteiger partial charge on any atom is 0.236 e. The number of hydrogen-bond acceptors (Lipinski definition) is 8. The van der Waals surface area contributed by atoms with Crippen LogP contribution in [-0.2, 0) is 11.2 Å². The van der Waals surface area contributed by atoms with E-state index in [0.717, 1.165) is 33.1 Å². The van der Waals surface area contributed by atoms with Gasteiger partial charge in [-0.25, -0.2) is 4.98 Å². The molecule has 1 amide bonds. The molecule has 0 aliphatic heterocycles. The zero-order chi connectivity index (χ0) is 22.5. The van der Waals surface area contributed by atoms with E-state index in [9.17, 15) is 10.1 Å². The van der Waals surface area contributed by atoms with Crippen molar-refractivity contribution in [1.82, 2.24) is 15.2 Å². The molecule has 3 aromatic heterocycles. The molecule has 0 fully saturated rings. The van der Waals surface area contributed by atoms with Gasteiger partial charge in [-0.05, 0) is 41.6 Å². The van der Waals surface area contributed by atoms with Gasteiger partial charge in [0, 0.05) is 10.6 Å². The highest BCUT2D eigenvalue weighted by atomic mass is 35.5. The minimum atomic E-state index is -0.228. The van der Waals surface area contributed by atoms with Crippen LogP contribution in [-0.4, -0.2) is 26.8 Å². The number of benzene rings is 1. The lowest BCUT2D eigenvalue weighted by Gasteiger charge is -2.12. The van der Waals surface area contributed by atoms with Crippen LogP contribution in [0.3, 0.4) is 0 Å². The number of nitrogens with zero attached hydrogens (tertiary/aromatic N) is 4. The van der Waals surface area contributed by atoms with Gasteiger partial charge in [0.25, 0.3) is 0 Å². The first kappa shape index (κ1) is 22.4. The van der Waals surface area contributed by atoms with E-state index in [4.69, 9.17) is 16.6 Å². The molecule has 0 atom stereocenters. The Bertz CT molecular complexity index is 1280. The predicted molar refractivity (Wildman–Crippen MR) is 131 cm³/mol. The van der Waals surface area contributed by atoms with E-state index in [-0.39, 0.29) is 11.7 Å². The van der Waals surface area contributed by atoms with Gasteiger partial charge in [0.05, 0.1) is 21.9 Å². The molecule has 160 valence electrons. The summed E-state index contributed by atoms with van der Waals surface area (Å²) in [5.74, 6) is -0.134. The van der Waals surface area contributed by atoms with Crippen molar-refractivity contribution in [2.24, 2.45) is 0 Å². The molecule has 0 spiro atoms. The van der Waals surface area contributed by atoms with Crippen LogP contribution < -0.4 is 5.32 Å². The average Bonchev–Trinajstić information content (AvgIpc) is 3.50. The monoisotopic (exact) mass is 497 g/mol. The summed E-state index contributed by atoms with van der Waals surface area (Å²) < 4.78 is 0. The third kappa shape index (κ3) is 5.16. The van der Waals surface area contributed by atoms with Crippen molar-refractivity contribution in [1.29, 1.82) is 5.26 Å². The van der Waals surface area contributed by atoms with E-state index in [1.165, 1.54) is 23.1 Å². The minimum absolute atomic E-state index is 0.0939. The molecule has 4 aromatic rings. The smallest absolute Gasteiger partial charge is 0.236 e. The Labute approximate surface area is 202 Å². The number of hydrogen-bond donors (Lipinski definition) is 1. The van der Waals surface area contributed by atoms with E-state index >= 15 is 0 Å². The molecule has 0 saturated heterocycles. The van der Waals surface area contributed by atoms with E-state index in [0.29, 0.717) is 20.7 Å². The summed E-state index contributed by atoms with van der Waals surface area (Å²) in [4.78, 5) is 18.2. The van der Waals surface area contributed by atoms with Crippen molar-refractivity contribution in [2.45, 2.75) is 18.4 Å². The molecule has 1 N–H and O–H groups in total. The first-order valence-corrected chi connectivity index (χ1v) is 12.6. The minimum Gasteiger partial charge on any atom is -0.300 e. The van der Waals surface area contributed by atoms with E-state index in [1.54, 1.807) is 23.5 Å². The number of aromatic nitrogens is 3. The summed E-state index contributed by atoms with van der Waals surface area (Å²) >= 11 is 10.2. The van der Waals surface area contributed by atoms with Crippen molar-refractivity contribution in [2.75, 3.05) is 11.1 Å². The second-order valence-electron chi connectivity index (χ2n) is 6.52. The van der Waals surface area contributed by atoms with Crippen molar-refractivity contribution < 1.29 is 4.79 Å². The number of halogens is 1. The van der Waals surface area contributed by atoms with Crippen LogP contribution in [0.5, 0.6) is 0 Å². The Hall–Kier alpha value is -2.77. The molecule has 0 radical (unpaired) electrons. The number of rotatable bonds is 7. The summed E-state index contributed by atoms with van der Waals surface area (Å²) in [6, 6.07) is 15.4. The van der Waals surface area contributed by atoms with E-state index in [2.05, 4.69) is 21.6 Å². The third-order valence-corrected chi connectivity index (χ3v) is 7.49. The van der Waals surface area contributed by atoms with Gasteiger partial charge in [0.15, 0.2) is 0 Å². The first-order valence-electron chi connectivity index (χ1n) is 9.57. The van der Waals surface area contributed by atoms with Gasteiger partial charge >= 0.3 is 0 Å². The molecule has 0 aliphatic carbocycles. The fraction of sp³-hybridized carbons (Fsp3) is 0.136. The van der Waals surface area contributed by atoms with Crippen LogP contribution in [0.2, 0.25) is 5.02 Å². The number of nitriles is 1. The molecule has 0 aliphatic rings. The Morgan fingerprint density at radius 2 is 2.06 bits per heavy atom. The lowest BCUT2D eigenvalue weighted by atomic mass is 10.0. The van der Waals surface area contributed by atoms with E-state index in [1.807, 2.05) is 42.6 Å². The van der Waals surface area contributed by atoms with Crippen LogP contribution in [0.15, 0.2) is 52.9 Å². The van der Waals surface area contributed by atoms with Gasteiger partial charge in [-0.1, -0.05) is 59.8 Å². The number of nitrogens with one attached hydrogen (secondary N) is 1. The van der Waals surface area contributed by atoms with E-state index < -0.39 is 0 Å². The van der Waals surface area contributed by atoms with Crippen molar-refractivity contribution in [3.8, 4) is 27.8 Å². The topological polar surface area (TPSA) is 91.6 Å². The zero-order valence-electron chi connectivity index (χ0n) is 16.8. The maximum absolute atomic E-state index is 12.5. The number of pyridine rings is 1. The quantitative estimate of drug-likeness (QED) is 0.308. The molecule has 0 saturated carbocycles. The van der Waals surface area contributed by atoms with Crippen LogP contribution in [0.25, 0.3) is 21.7 Å². The number of carbonyl (C=O) groups is 1. The predicted octanol–water partition coefficient (Wildman–Crippen LogP) is 6.15. The average molecular weight is 498 g/mol. The fourth-order valence-electron chi connectivity index (χ4n) is 2.88.